The van der Waals surface area contributed by atoms with E-state index in [0.29, 0.717) is 12.3 Å². The van der Waals surface area contributed by atoms with Crippen LogP contribution in [0.3, 0.4) is 0 Å². The first-order valence-electron chi connectivity index (χ1n) is 6.69. The maximum absolute atomic E-state index is 10.7. The highest BCUT2D eigenvalue weighted by Gasteiger charge is 2.11. The number of benzene rings is 2. The summed E-state index contributed by atoms with van der Waals surface area (Å²) in [6.45, 7) is 0.448. The fourth-order valence-electron chi connectivity index (χ4n) is 2.08. The molecule has 0 amide bonds. The van der Waals surface area contributed by atoms with Crippen LogP contribution in [-0.2, 0) is 6.54 Å². The van der Waals surface area contributed by atoms with E-state index in [1.54, 1.807) is 4.57 Å². The molecule has 0 saturated carbocycles. The molecule has 3 rings (SSSR count). The fraction of sp³-hybridized carbons (Fsp3) is 0.0625. The Morgan fingerprint density at radius 1 is 1.09 bits per heavy atom. The predicted molar refractivity (Wildman–Crippen MR) is 80.9 cm³/mol. The van der Waals surface area contributed by atoms with Crippen molar-refractivity contribution in [3.63, 3.8) is 0 Å². The number of rotatable bonds is 5. The van der Waals surface area contributed by atoms with Gasteiger partial charge in [-0.3, -0.25) is 0 Å². The van der Waals surface area contributed by atoms with Gasteiger partial charge in [0.15, 0.2) is 0 Å². The second kappa shape index (κ2) is 6.09. The van der Waals surface area contributed by atoms with Crippen LogP contribution in [0.1, 0.15) is 5.56 Å². The van der Waals surface area contributed by atoms with Gasteiger partial charge < -0.3 is 19.4 Å². The molecule has 0 saturated heterocycles. The van der Waals surface area contributed by atoms with Gasteiger partial charge in [0.05, 0.1) is 6.54 Å². The quantitative estimate of drug-likeness (QED) is 0.532. The van der Waals surface area contributed by atoms with Crippen molar-refractivity contribution in [1.29, 1.82) is 0 Å². The van der Waals surface area contributed by atoms with Crippen molar-refractivity contribution >= 4 is 5.82 Å². The summed E-state index contributed by atoms with van der Waals surface area (Å²) in [5, 5.41) is 10.7. The van der Waals surface area contributed by atoms with Gasteiger partial charge in [-0.25, -0.2) is 0 Å². The molecule has 1 aromatic heterocycles. The van der Waals surface area contributed by atoms with E-state index in [4.69, 9.17) is 4.74 Å². The zero-order valence-electron chi connectivity index (χ0n) is 11.6. The summed E-state index contributed by atoms with van der Waals surface area (Å²) in [6.07, 6.45) is 2.84. The fourth-order valence-corrected chi connectivity index (χ4v) is 2.08. The van der Waals surface area contributed by atoms with Crippen LogP contribution in [0.15, 0.2) is 67.1 Å². The minimum atomic E-state index is -0.511. The molecule has 1 heterocycles. The Bertz CT molecular complexity index is 784. The van der Waals surface area contributed by atoms with Crippen LogP contribution in [0.5, 0.6) is 11.5 Å². The van der Waals surface area contributed by atoms with Crippen LogP contribution >= 0.6 is 0 Å². The molecule has 0 spiro atoms. The Morgan fingerprint density at radius 2 is 1.82 bits per heavy atom. The van der Waals surface area contributed by atoms with Crippen molar-refractivity contribution in [3.05, 3.63) is 82.8 Å². The van der Waals surface area contributed by atoms with Crippen LogP contribution in [0, 0.1) is 10.1 Å². The van der Waals surface area contributed by atoms with Gasteiger partial charge in [-0.05, 0) is 28.1 Å². The average molecular weight is 295 g/mol. The lowest BCUT2D eigenvalue weighted by Crippen LogP contribution is -1.99. The van der Waals surface area contributed by atoms with Gasteiger partial charge >= 0.3 is 5.82 Å². The van der Waals surface area contributed by atoms with Crippen LogP contribution < -0.4 is 4.74 Å². The Hall–Kier alpha value is -3.15. The van der Waals surface area contributed by atoms with Crippen molar-refractivity contribution in [3.8, 4) is 11.5 Å². The standard InChI is InChI=1S/C16H13N3O3/c20-19(21)16-11-18(12-17-16)10-13-6-4-5-9-15(13)22-14-7-2-1-3-8-14/h1-9,11-12H,10H2. The average Bonchev–Trinajstić information content (AvgIpc) is 2.99. The smallest absolute Gasteiger partial charge is 0.381 e. The summed E-state index contributed by atoms with van der Waals surface area (Å²) in [5.74, 6) is 1.29. The molecule has 6 heteroatoms. The van der Waals surface area contributed by atoms with Gasteiger partial charge in [-0.15, -0.1) is 0 Å². The molecule has 0 radical (unpaired) electrons. The third kappa shape index (κ3) is 3.12. The van der Waals surface area contributed by atoms with Gasteiger partial charge in [0, 0.05) is 5.56 Å². The molecule has 0 aliphatic heterocycles. The van der Waals surface area contributed by atoms with Gasteiger partial charge in [0.1, 0.15) is 17.7 Å². The second-order valence-electron chi connectivity index (χ2n) is 4.68. The number of imidazole rings is 1. The van der Waals surface area contributed by atoms with E-state index >= 15 is 0 Å². The van der Waals surface area contributed by atoms with Gasteiger partial charge in [0.2, 0.25) is 6.33 Å². The molecule has 2 aromatic carbocycles. The Morgan fingerprint density at radius 3 is 2.55 bits per heavy atom. The lowest BCUT2D eigenvalue weighted by molar-refractivity contribution is -0.389. The Labute approximate surface area is 126 Å². The van der Waals surface area contributed by atoms with E-state index in [0.717, 1.165) is 11.3 Å². The molecule has 6 nitrogen and oxygen atoms in total. The van der Waals surface area contributed by atoms with Gasteiger partial charge in [0.25, 0.3) is 0 Å². The van der Waals surface area contributed by atoms with E-state index in [1.807, 2.05) is 54.6 Å². The number of hydrogen-bond donors (Lipinski definition) is 0. The monoisotopic (exact) mass is 295 g/mol. The molecule has 0 bridgehead atoms. The highest BCUT2D eigenvalue weighted by molar-refractivity contribution is 5.38. The number of nitrogens with zero attached hydrogens (tertiary/aromatic N) is 3. The first-order chi connectivity index (χ1) is 10.7. The van der Waals surface area contributed by atoms with Crippen LogP contribution in [-0.4, -0.2) is 14.5 Å². The number of aromatic nitrogens is 2. The number of para-hydroxylation sites is 2. The van der Waals surface area contributed by atoms with Crippen LogP contribution in [0.25, 0.3) is 0 Å². The molecule has 0 aliphatic rings. The molecular weight excluding hydrogens is 282 g/mol. The van der Waals surface area contributed by atoms with Crippen LogP contribution in [0.2, 0.25) is 0 Å². The molecule has 0 fully saturated rings. The van der Waals surface area contributed by atoms with E-state index in [2.05, 4.69) is 4.98 Å². The minimum absolute atomic E-state index is 0.165. The summed E-state index contributed by atoms with van der Waals surface area (Å²) >= 11 is 0. The summed E-state index contributed by atoms with van der Waals surface area (Å²) in [5.41, 5.74) is 0.915. The van der Waals surface area contributed by atoms with Crippen molar-refractivity contribution in [1.82, 2.24) is 9.55 Å². The maximum atomic E-state index is 10.7. The molecule has 0 atom stereocenters. The summed E-state index contributed by atoms with van der Waals surface area (Å²) in [7, 11) is 0. The van der Waals surface area contributed by atoms with Crippen LogP contribution in [0.4, 0.5) is 5.82 Å². The van der Waals surface area contributed by atoms with Gasteiger partial charge in [-0.1, -0.05) is 36.4 Å². The van der Waals surface area contributed by atoms with Gasteiger partial charge in [-0.2, -0.15) is 0 Å². The highest BCUT2D eigenvalue weighted by Crippen LogP contribution is 2.25. The summed E-state index contributed by atoms with van der Waals surface area (Å²) in [6, 6.07) is 17.0. The zero-order chi connectivity index (χ0) is 15.4. The maximum Gasteiger partial charge on any atom is 0.381 e. The SMILES string of the molecule is O=[N+]([O-])c1cn(Cc2ccccc2Oc2ccccc2)cn1. The molecule has 110 valence electrons. The Balaban J connectivity index is 1.83. The molecule has 0 N–H and O–H groups in total. The summed E-state index contributed by atoms with van der Waals surface area (Å²) in [4.78, 5) is 13.9. The second-order valence-corrected chi connectivity index (χ2v) is 4.68. The lowest BCUT2D eigenvalue weighted by atomic mass is 10.2. The number of hydrogen-bond acceptors (Lipinski definition) is 4. The predicted octanol–water partition coefficient (Wildman–Crippen LogP) is 3.63. The first kappa shape index (κ1) is 13.8. The number of nitro groups is 1. The molecule has 0 unspecified atom stereocenters. The van der Waals surface area contributed by atoms with Crippen molar-refractivity contribution in [2.75, 3.05) is 0 Å². The largest absolute Gasteiger partial charge is 0.457 e. The topological polar surface area (TPSA) is 70.2 Å². The molecule has 3 aromatic rings. The highest BCUT2D eigenvalue weighted by atomic mass is 16.6. The van der Waals surface area contributed by atoms with Crippen molar-refractivity contribution in [2.45, 2.75) is 6.54 Å². The zero-order valence-corrected chi connectivity index (χ0v) is 11.6. The van der Waals surface area contributed by atoms with E-state index in [1.165, 1.54) is 12.5 Å². The normalized spacial score (nSPS) is 10.4. The van der Waals surface area contributed by atoms with Crippen molar-refractivity contribution in [2.24, 2.45) is 0 Å². The minimum Gasteiger partial charge on any atom is -0.457 e. The first-order valence-corrected chi connectivity index (χ1v) is 6.69. The Kier molecular flexibility index (Phi) is 3.82. The number of ether oxygens (including phenoxy) is 1. The van der Waals surface area contributed by atoms with Crippen molar-refractivity contribution < 1.29 is 9.66 Å². The molecular formula is C16H13N3O3. The van der Waals surface area contributed by atoms with E-state index in [-0.39, 0.29) is 5.82 Å². The summed E-state index contributed by atoms with van der Waals surface area (Å²) < 4.78 is 7.53. The van der Waals surface area contributed by atoms with E-state index < -0.39 is 4.92 Å². The lowest BCUT2D eigenvalue weighted by Gasteiger charge is -2.11. The molecule has 0 aliphatic carbocycles. The molecule has 22 heavy (non-hydrogen) atoms. The third-order valence-electron chi connectivity index (χ3n) is 3.10. The van der Waals surface area contributed by atoms with E-state index in [9.17, 15) is 10.1 Å². The third-order valence-corrected chi connectivity index (χ3v) is 3.10.